The molecule has 3 aromatic rings. The second-order valence-electron chi connectivity index (χ2n) is 5.05. The van der Waals surface area contributed by atoms with Gasteiger partial charge in [0.25, 0.3) is 5.89 Å². The van der Waals surface area contributed by atoms with Gasteiger partial charge in [-0.1, -0.05) is 5.16 Å². The molecule has 7 nitrogen and oxygen atoms in total. The van der Waals surface area contributed by atoms with Gasteiger partial charge < -0.3 is 14.0 Å². The van der Waals surface area contributed by atoms with E-state index in [9.17, 15) is 9.59 Å². The van der Waals surface area contributed by atoms with Crippen molar-refractivity contribution in [3.05, 3.63) is 52.5 Å². The second-order valence-corrected chi connectivity index (χ2v) is 5.83. The average Bonchev–Trinajstić information content (AvgIpc) is 3.29. The number of ketones is 1. The fourth-order valence-electron chi connectivity index (χ4n) is 1.93. The maximum absolute atomic E-state index is 11.7. The highest BCUT2D eigenvalue weighted by Crippen LogP contribution is 2.19. The summed E-state index contributed by atoms with van der Waals surface area (Å²) in [6, 6.07) is 8.38. The summed E-state index contributed by atoms with van der Waals surface area (Å²) in [5, 5.41) is 7.63. The van der Waals surface area contributed by atoms with Crippen LogP contribution >= 0.6 is 11.3 Å². The molecule has 128 valence electrons. The number of Topliss-reactive ketones (excluding diaryl/α,β-unsaturated/α-hetero) is 1. The van der Waals surface area contributed by atoms with Crippen molar-refractivity contribution in [1.82, 2.24) is 10.1 Å². The summed E-state index contributed by atoms with van der Waals surface area (Å²) in [7, 11) is 0. The fourth-order valence-corrected chi connectivity index (χ4v) is 2.57. The average molecular weight is 358 g/mol. The smallest absolute Gasteiger partial charge is 0.344 e. The monoisotopic (exact) mass is 358 g/mol. The van der Waals surface area contributed by atoms with Crippen LogP contribution in [0.4, 0.5) is 0 Å². The molecule has 0 fully saturated rings. The van der Waals surface area contributed by atoms with Crippen molar-refractivity contribution < 1.29 is 23.6 Å². The van der Waals surface area contributed by atoms with Crippen molar-refractivity contribution in [2.24, 2.45) is 0 Å². The van der Waals surface area contributed by atoms with Gasteiger partial charge in [-0.05, 0) is 42.6 Å². The molecule has 0 atom stereocenters. The normalized spacial score (nSPS) is 10.4. The molecule has 0 saturated heterocycles. The number of nitrogens with zero attached hydrogens (tertiary/aromatic N) is 2. The van der Waals surface area contributed by atoms with Gasteiger partial charge >= 0.3 is 5.97 Å². The van der Waals surface area contributed by atoms with Crippen LogP contribution in [0.2, 0.25) is 0 Å². The molecule has 2 aromatic heterocycles. The largest absolute Gasteiger partial charge is 0.482 e. The molecule has 0 aliphatic heterocycles. The van der Waals surface area contributed by atoms with Gasteiger partial charge in [-0.3, -0.25) is 4.79 Å². The fraction of sp³-hybridized carbons (Fsp3) is 0.176. The van der Waals surface area contributed by atoms with Crippen molar-refractivity contribution in [2.45, 2.75) is 13.5 Å². The van der Waals surface area contributed by atoms with E-state index in [1.807, 2.05) is 16.8 Å². The summed E-state index contributed by atoms with van der Waals surface area (Å²) in [5.41, 5.74) is 1.43. The minimum absolute atomic E-state index is 0.0349. The van der Waals surface area contributed by atoms with E-state index in [1.54, 1.807) is 24.3 Å². The summed E-state index contributed by atoms with van der Waals surface area (Å²) in [6.45, 7) is 1.10. The molecular formula is C17H14N2O5S. The molecule has 0 unspecified atom stereocenters. The van der Waals surface area contributed by atoms with E-state index in [4.69, 9.17) is 14.0 Å². The standard InChI is InChI=1S/C17H14N2O5S/c1-11(20)12-2-4-14(5-3-12)22-9-16(21)23-8-15-18-17(19-24-15)13-6-7-25-10-13/h2-7,10H,8-9H2,1H3. The third-order valence-electron chi connectivity index (χ3n) is 3.22. The first-order valence-corrected chi connectivity index (χ1v) is 8.30. The molecule has 0 spiro atoms. The van der Waals surface area contributed by atoms with Gasteiger partial charge in [0, 0.05) is 16.5 Å². The topological polar surface area (TPSA) is 91.5 Å². The van der Waals surface area contributed by atoms with Gasteiger partial charge in [-0.2, -0.15) is 16.3 Å². The van der Waals surface area contributed by atoms with E-state index in [2.05, 4.69) is 10.1 Å². The van der Waals surface area contributed by atoms with E-state index in [0.717, 1.165) is 5.56 Å². The van der Waals surface area contributed by atoms with Crippen molar-refractivity contribution in [2.75, 3.05) is 6.61 Å². The molecule has 0 aliphatic rings. The Hall–Kier alpha value is -3.00. The number of ether oxygens (including phenoxy) is 2. The number of thiophene rings is 1. The Bertz CT molecular complexity index is 856. The SMILES string of the molecule is CC(=O)c1ccc(OCC(=O)OCc2nc(-c3ccsc3)no2)cc1. The summed E-state index contributed by atoms with van der Waals surface area (Å²) in [4.78, 5) is 27.0. The highest BCUT2D eigenvalue weighted by Gasteiger charge is 2.12. The summed E-state index contributed by atoms with van der Waals surface area (Å²) in [5.74, 6) is 0.534. The Morgan fingerprint density at radius 2 is 2.00 bits per heavy atom. The van der Waals surface area contributed by atoms with E-state index < -0.39 is 5.97 Å². The number of hydrogen-bond acceptors (Lipinski definition) is 8. The highest BCUT2D eigenvalue weighted by atomic mass is 32.1. The van der Waals surface area contributed by atoms with Gasteiger partial charge in [-0.25, -0.2) is 4.79 Å². The Morgan fingerprint density at radius 1 is 1.20 bits per heavy atom. The molecule has 3 rings (SSSR count). The van der Waals surface area contributed by atoms with Crippen LogP contribution in [0.5, 0.6) is 5.75 Å². The number of hydrogen-bond donors (Lipinski definition) is 0. The quantitative estimate of drug-likeness (QED) is 0.473. The predicted molar refractivity (Wildman–Crippen MR) is 89.3 cm³/mol. The van der Waals surface area contributed by atoms with Gasteiger partial charge in [0.1, 0.15) is 5.75 Å². The Kier molecular flexibility index (Phi) is 5.20. The third-order valence-corrected chi connectivity index (χ3v) is 3.90. The summed E-state index contributed by atoms with van der Waals surface area (Å²) in [6.07, 6.45) is 0. The van der Waals surface area contributed by atoms with Crippen LogP contribution in [-0.4, -0.2) is 28.5 Å². The van der Waals surface area contributed by atoms with Gasteiger partial charge in [0.05, 0.1) is 0 Å². The Labute approximate surface area is 147 Å². The number of benzene rings is 1. The van der Waals surface area contributed by atoms with E-state index >= 15 is 0 Å². The lowest BCUT2D eigenvalue weighted by molar-refractivity contribution is -0.148. The van der Waals surface area contributed by atoms with Crippen molar-refractivity contribution in [3.63, 3.8) is 0 Å². The zero-order valence-electron chi connectivity index (χ0n) is 13.3. The molecule has 1 aromatic carbocycles. The van der Waals surface area contributed by atoms with Crippen LogP contribution in [0.15, 0.2) is 45.6 Å². The van der Waals surface area contributed by atoms with Crippen LogP contribution < -0.4 is 4.74 Å². The number of esters is 1. The Balaban J connectivity index is 1.46. The van der Waals surface area contributed by atoms with E-state index in [-0.39, 0.29) is 24.9 Å². The molecule has 0 amide bonds. The number of rotatable bonds is 7. The molecule has 25 heavy (non-hydrogen) atoms. The summed E-state index contributed by atoms with van der Waals surface area (Å²) >= 11 is 1.53. The lowest BCUT2D eigenvalue weighted by atomic mass is 10.1. The molecule has 0 N–H and O–H groups in total. The zero-order chi connectivity index (χ0) is 17.6. The highest BCUT2D eigenvalue weighted by molar-refractivity contribution is 7.08. The van der Waals surface area contributed by atoms with Crippen LogP contribution in [-0.2, 0) is 16.1 Å². The van der Waals surface area contributed by atoms with E-state index in [1.165, 1.54) is 18.3 Å². The molecule has 8 heteroatoms. The molecular weight excluding hydrogens is 344 g/mol. The maximum Gasteiger partial charge on any atom is 0.344 e. The predicted octanol–water partition coefficient (Wildman–Crippen LogP) is 3.12. The van der Waals surface area contributed by atoms with Crippen molar-refractivity contribution in [1.29, 1.82) is 0 Å². The van der Waals surface area contributed by atoms with Gasteiger partial charge in [0.15, 0.2) is 19.0 Å². The zero-order valence-corrected chi connectivity index (χ0v) is 14.1. The van der Waals surface area contributed by atoms with Crippen molar-refractivity contribution in [3.8, 4) is 17.1 Å². The summed E-state index contributed by atoms with van der Waals surface area (Å²) < 4.78 is 15.4. The number of carbonyl (C=O) groups is 2. The van der Waals surface area contributed by atoms with Crippen LogP contribution in [0.1, 0.15) is 23.2 Å². The first-order chi connectivity index (χ1) is 12.1. The second kappa shape index (κ2) is 7.71. The molecule has 0 bridgehead atoms. The third kappa shape index (κ3) is 4.51. The molecule has 2 heterocycles. The minimum atomic E-state index is -0.564. The first-order valence-electron chi connectivity index (χ1n) is 7.36. The maximum atomic E-state index is 11.7. The van der Waals surface area contributed by atoms with Crippen molar-refractivity contribution >= 4 is 23.1 Å². The van der Waals surface area contributed by atoms with E-state index in [0.29, 0.717) is 17.1 Å². The lowest BCUT2D eigenvalue weighted by Crippen LogP contribution is -2.14. The first kappa shape index (κ1) is 16.8. The minimum Gasteiger partial charge on any atom is -0.482 e. The molecule has 0 aliphatic carbocycles. The molecule has 0 saturated carbocycles. The Morgan fingerprint density at radius 3 is 2.68 bits per heavy atom. The molecule has 0 radical (unpaired) electrons. The number of aromatic nitrogens is 2. The van der Waals surface area contributed by atoms with Crippen LogP contribution in [0, 0.1) is 0 Å². The van der Waals surface area contributed by atoms with Gasteiger partial charge in [0.2, 0.25) is 5.82 Å². The number of carbonyl (C=O) groups excluding carboxylic acids is 2. The van der Waals surface area contributed by atoms with Crippen LogP contribution in [0.25, 0.3) is 11.4 Å². The van der Waals surface area contributed by atoms with Gasteiger partial charge in [-0.15, -0.1) is 0 Å². The van der Waals surface area contributed by atoms with Crippen LogP contribution in [0.3, 0.4) is 0 Å². The lowest BCUT2D eigenvalue weighted by Gasteiger charge is -2.06.